The van der Waals surface area contributed by atoms with Crippen LogP contribution in [-0.4, -0.2) is 36.2 Å². The molecule has 21 heavy (non-hydrogen) atoms. The van der Waals surface area contributed by atoms with E-state index < -0.39 is 0 Å². The largest absolute Gasteiger partial charge is 0.359 e. The number of likely N-dealkylation sites (tertiary alicyclic amines) is 1. The molecule has 0 bridgehead atoms. The summed E-state index contributed by atoms with van der Waals surface area (Å²) < 4.78 is 5.34. The Labute approximate surface area is 144 Å². The summed E-state index contributed by atoms with van der Waals surface area (Å²) in [4.78, 5) is 6.67. The lowest BCUT2D eigenvalue weighted by molar-refractivity contribution is 0.359. The molecule has 0 unspecified atom stereocenters. The first-order valence-corrected chi connectivity index (χ1v) is 7.32. The number of nitrogens with one attached hydrogen (secondary N) is 1. The van der Waals surface area contributed by atoms with Crippen molar-refractivity contribution in [3.05, 3.63) is 17.5 Å². The van der Waals surface area contributed by atoms with Gasteiger partial charge >= 0.3 is 0 Å². The zero-order chi connectivity index (χ0) is 14.8. The fourth-order valence-corrected chi connectivity index (χ4v) is 2.48. The number of hydrogen-bond acceptors (Lipinski definition) is 3. The van der Waals surface area contributed by atoms with E-state index in [9.17, 15) is 0 Å². The molecule has 1 aliphatic heterocycles. The number of guanidine groups is 1. The van der Waals surface area contributed by atoms with Gasteiger partial charge in [-0.15, -0.1) is 24.0 Å². The number of rotatable bonds is 3. The highest BCUT2D eigenvalue weighted by molar-refractivity contribution is 14.0. The van der Waals surface area contributed by atoms with Crippen LogP contribution >= 0.6 is 24.0 Å². The fourth-order valence-electron chi connectivity index (χ4n) is 2.48. The number of aliphatic imine (C=N–C) groups is 1. The highest BCUT2D eigenvalue weighted by atomic mass is 127. The van der Waals surface area contributed by atoms with Crippen LogP contribution in [0.4, 0.5) is 0 Å². The van der Waals surface area contributed by atoms with Crippen LogP contribution in [0.25, 0.3) is 0 Å². The van der Waals surface area contributed by atoms with Crippen LogP contribution in [0, 0.1) is 5.41 Å². The Morgan fingerprint density at radius 3 is 2.71 bits per heavy atom. The van der Waals surface area contributed by atoms with E-state index in [1.54, 1.807) is 0 Å². The monoisotopic (exact) mass is 406 g/mol. The number of halogens is 1. The molecule has 0 aromatic carbocycles. The zero-order valence-corrected chi connectivity index (χ0v) is 16.0. The Kier molecular flexibility index (Phi) is 6.49. The maximum atomic E-state index is 5.34. The Balaban J connectivity index is 0.00000220. The van der Waals surface area contributed by atoms with Crippen LogP contribution in [0.1, 0.15) is 51.5 Å². The molecule has 0 aliphatic carbocycles. The van der Waals surface area contributed by atoms with E-state index in [1.807, 2.05) is 13.1 Å². The van der Waals surface area contributed by atoms with Crippen molar-refractivity contribution in [2.45, 2.75) is 46.6 Å². The lowest BCUT2D eigenvalue weighted by atomic mass is 9.93. The lowest BCUT2D eigenvalue weighted by Gasteiger charge is -2.23. The molecule has 0 radical (unpaired) electrons. The molecule has 2 heterocycles. The van der Waals surface area contributed by atoms with Crippen LogP contribution in [-0.2, 0) is 6.54 Å². The van der Waals surface area contributed by atoms with E-state index in [0.29, 0.717) is 17.9 Å². The van der Waals surface area contributed by atoms with E-state index in [-0.39, 0.29) is 24.0 Å². The van der Waals surface area contributed by atoms with Crippen LogP contribution in [0.3, 0.4) is 0 Å². The highest BCUT2D eigenvalue weighted by Gasteiger charge is 2.30. The third-order valence-electron chi connectivity index (χ3n) is 3.78. The van der Waals surface area contributed by atoms with Crippen molar-refractivity contribution in [2.75, 3.05) is 20.1 Å². The maximum absolute atomic E-state index is 5.34. The van der Waals surface area contributed by atoms with Crippen molar-refractivity contribution in [1.29, 1.82) is 0 Å². The molecule has 1 fully saturated rings. The molecule has 0 amide bonds. The summed E-state index contributed by atoms with van der Waals surface area (Å²) in [6.07, 6.45) is 1.20. The van der Waals surface area contributed by atoms with Gasteiger partial charge in [0.1, 0.15) is 0 Å². The number of aromatic nitrogens is 1. The zero-order valence-electron chi connectivity index (χ0n) is 13.6. The summed E-state index contributed by atoms with van der Waals surface area (Å²) in [7, 11) is 1.83. The third-order valence-corrected chi connectivity index (χ3v) is 3.78. The first kappa shape index (κ1) is 18.3. The SMILES string of the molecule is CN=C(NCc1cc(C(C)C)no1)N1CCC(C)(C)C1.I. The van der Waals surface area contributed by atoms with E-state index in [0.717, 1.165) is 30.5 Å². The molecule has 120 valence electrons. The molecule has 1 aromatic heterocycles. The van der Waals surface area contributed by atoms with Crippen molar-refractivity contribution in [2.24, 2.45) is 10.4 Å². The van der Waals surface area contributed by atoms with E-state index in [1.165, 1.54) is 6.42 Å². The van der Waals surface area contributed by atoms with Crippen molar-refractivity contribution < 1.29 is 4.52 Å². The van der Waals surface area contributed by atoms with Gasteiger partial charge in [-0.05, 0) is 17.8 Å². The van der Waals surface area contributed by atoms with Gasteiger partial charge in [0.15, 0.2) is 11.7 Å². The van der Waals surface area contributed by atoms with E-state index in [2.05, 4.69) is 48.1 Å². The van der Waals surface area contributed by atoms with Crippen molar-refractivity contribution >= 4 is 29.9 Å². The summed E-state index contributed by atoms with van der Waals surface area (Å²) >= 11 is 0. The highest BCUT2D eigenvalue weighted by Crippen LogP contribution is 2.28. The predicted octanol–water partition coefficient (Wildman–Crippen LogP) is 3.22. The van der Waals surface area contributed by atoms with Gasteiger partial charge in [-0.1, -0.05) is 32.9 Å². The normalized spacial score (nSPS) is 18.0. The molecule has 1 aromatic rings. The van der Waals surface area contributed by atoms with Gasteiger partial charge < -0.3 is 14.7 Å². The summed E-state index contributed by atoms with van der Waals surface area (Å²) in [6, 6.07) is 2.01. The standard InChI is InChI=1S/C15H26N4O.HI/c1-11(2)13-8-12(20-18-13)9-17-14(16-5)19-7-6-15(3,4)10-19;/h8,11H,6-7,9-10H2,1-5H3,(H,16,17);1H. The lowest BCUT2D eigenvalue weighted by Crippen LogP contribution is -2.40. The molecule has 6 heteroatoms. The molecule has 2 rings (SSSR count). The van der Waals surface area contributed by atoms with E-state index in [4.69, 9.17) is 4.52 Å². The molecular formula is C15H27IN4O. The number of nitrogens with zero attached hydrogens (tertiary/aromatic N) is 3. The minimum atomic E-state index is 0. The first-order valence-electron chi connectivity index (χ1n) is 7.32. The summed E-state index contributed by atoms with van der Waals surface area (Å²) in [5.41, 5.74) is 1.37. The molecule has 1 aliphatic rings. The summed E-state index contributed by atoms with van der Waals surface area (Å²) in [6.45, 7) is 11.5. The van der Waals surface area contributed by atoms with Gasteiger partial charge in [0.25, 0.3) is 0 Å². The average molecular weight is 406 g/mol. The second kappa shape index (κ2) is 7.47. The van der Waals surface area contributed by atoms with Crippen LogP contribution in [0.5, 0.6) is 0 Å². The van der Waals surface area contributed by atoms with Crippen LogP contribution in [0.2, 0.25) is 0 Å². The van der Waals surface area contributed by atoms with Gasteiger partial charge in [0, 0.05) is 26.2 Å². The van der Waals surface area contributed by atoms with Gasteiger partial charge in [0.2, 0.25) is 0 Å². The quantitative estimate of drug-likeness (QED) is 0.476. The molecule has 0 saturated carbocycles. The molecule has 0 spiro atoms. The van der Waals surface area contributed by atoms with E-state index >= 15 is 0 Å². The Hall–Kier alpha value is -0.790. The van der Waals surface area contributed by atoms with Crippen LogP contribution in [0.15, 0.2) is 15.6 Å². The van der Waals surface area contributed by atoms with Gasteiger partial charge in [0.05, 0.1) is 12.2 Å². The Morgan fingerprint density at radius 2 is 2.24 bits per heavy atom. The van der Waals surface area contributed by atoms with Crippen LogP contribution < -0.4 is 5.32 Å². The minimum absolute atomic E-state index is 0. The van der Waals surface area contributed by atoms with Crippen molar-refractivity contribution in [3.8, 4) is 0 Å². The maximum Gasteiger partial charge on any atom is 0.194 e. The molecule has 1 N–H and O–H groups in total. The van der Waals surface area contributed by atoms with Gasteiger partial charge in [-0.2, -0.15) is 0 Å². The second-order valence-corrected chi connectivity index (χ2v) is 6.61. The minimum Gasteiger partial charge on any atom is -0.359 e. The van der Waals surface area contributed by atoms with Gasteiger partial charge in [-0.25, -0.2) is 0 Å². The summed E-state index contributed by atoms with van der Waals surface area (Å²) in [5.74, 6) is 2.19. The molecule has 0 atom stereocenters. The number of hydrogen-bond donors (Lipinski definition) is 1. The first-order chi connectivity index (χ1) is 9.41. The second-order valence-electron chi connectivity index (χ2n) is 6.61. The smallest absolute Gasteiger partial charge is 0.194 e. The Bertz CT molecular complexity index is 482. The summed E-state index contributed by atoms with van der Waals surface area (Å²) in [5, 5.41) is 7.43. The van der Waals surface area contributed by atoms with Crippen molar-refractivity contribution in [3.63, 3.8) is 0 Å². The Morgan fingerprint density at radius 1 is 1.52 bits per heavy atom. The third kappa shape index (κ3) is 4.86. The van der Waals surface area contributed by atoms with Gasteiger partial charge in [-0.3, -0.25) is 4.99 Å². The molecular weight excluding hydrogens is 379 g/mol. The molecule has 5 nitrogen and oxygen atoms in total. The molecule has 1 saturated heterocycles. The van der Waals surface area contributed by atoms with Crippen molar-refractivity contribution in [1.82, 2.24) is 15.4 Å². The predicted molar refractivity (Wildman–Crippen MR) is 96.2 cm³/mol. The topological polar surface area (TPSA) is 53.7 Å². The fraction of sp³-hybridized carbons (Fsp3) is 0.733. The average Bonchev–Trinajstić information content (AvgIpc) is 2.97.